The second kappa shape index (κ2) is 5.74. The minimum atomic E-state index is -4.30. The van der Waals surface area contributed by atoms with Crippen molar-refractivity contribution < 1.29 is 13.2 Å². The molecule has 0 aliphatic heterocycles. The van der Waals surface area contributed by atoms with Crippen LogP contribution in [0.5, 0.6) is 0 Å². The zero-order valence-corrected chi connectivity index (χ0v) is 11.1. The molecule has 1 atom stereocenters. The lowest BCUT2D eigenvalue weighted by Gasteiger charge is -2.36. The van der Waals surface area contributed by atoms with E-state index in [2.05, 4.69) is 5.32 Å². The first-order valence-electron chi connectivity index (χ1n) is 6.26. The molecule has 1 aromatic carbocycles. The number of hydrogen-bond donors (Lipinski definition) is 1. The zero-order chi connectivity index (χ0) is 13.8. The van der Waals surface area contributed by atoms with E-state index in [1.54, 1.807) is 31.2 Å². The average molecular weight is 259 g/mol. The van der Waals surface area contributed by atoms with Crippen molar-refractivity contribution in [2.24, 2.45) is 0 Å². The summed E-state index contributed by atoms with van der Waals surface area (Å²) in [7, 11) is 0. The van der Waals surface area contributed by atoms with E-state index < -0.39 is 11.7 Å². The summed E-state index contributed by atoms with van der Waals surface area (Å²) in [5.74, 6) is 0. The Hall–Kier alpha value is -1.03. The molecule has 0 radical (unpaired) electrons. The van der Waals surface area contributed by atoms with Gasteiger partial charge in [0.15, 0.2) is 0 Å². The third-order valence-electron chi connectivity index (χ3n) is 3.24. The Labute approximate surface area is 106 Å². The molecule has 0 fully saturated rings. The van der Waals surface area contributed by atoms with E-state index in [-0.39, 0.29) is 12.0 Å². The molecule has 0 saturated heterocycles. The van der Waals surface area contributed by atoms with Gasteiger partial charge in [-0.1, -0.05) is 43.7 Å². The lowest BCUT2D eigenvalue weighted by atomic mass is 9.86. The molecule has 0 bridgehead atoms. The Morgan fingerprint density at radius 2 is 1.61 bits per heavy atom. The van der Waals surface area contributed by atoms with E-state index in [0.29, 0.717) is 13.0 Å². The lowest BCUT2D eigenvalue weighted by Crippen LogP contribution is -2.53. The summed E-state index contributed by atoms with van der Waals surface area (Å²) < 4.78 is 40.3. The minimum Gasteiger partial charge on any atom is -0.300 e. The van der Waals surface area contributed by atoms with Gasteiger partial charge >= 0.3 is 6.18 Å². The van der Waals surface area contributed by atoms with Crippen LogP contribution in [-0.2, 0) is 5.54 Å². The van der Waals surface area contributed by atoms with Crippen molar-refractivity contribution >= 4 is 0 Å². The maximum Gasteiger partial charge on any atom is 0.410 e. The molecule has 18 heavy (non-hydrogen) atoms. The molecule has 0 saturated carbocycles. The summed E-state index contributed by atoms with van der Waals surface area (Å²) in [5.41, 5.74) is -0.686. The number of halogens is 3. The minimum absolute atomic E-state index is 0.0143. The maximum atomic E-state index is 13.4. The Balaban J connectivity index is 3.21. The molecular formula is C14H20F3N. The molecule has 102 valence electrons. The summed E-state index contributed by atoms with van der Waals surface area (Å²) in [6.07, 6.45) is -3.64. The summed E-state index contributed by atoms with van der Waals surface area (Å²) in [6, 6.07) is 6.57. The van der Waals surface area contributed by atoms with E-state index in [0.717, 1.165) is 5.56 Å². The van der Waals surface area contributed by atoms with E-state index in [4.69, 9.17) is 0 Å². The fourth-order valence-corrected chi connectivity index (χ4v) is 2.07. The van der Waals surface area contributed by atoms with Gasteiger partial charge in [0.25, 0.3) is 0 Å². The maximum absolute atomic E-state index is 13.4. The summed E-state index contributed by atoms with van der Waals surface area (Å²) in [6.45, 7) is 5.64. The number of aryl methyl sites for hydroxylation is 1. The molecule has 0 aliphatic rings. The SMILES string of the molecule is CCCNC(CC)(c1ccc(C)cc1)C(F)(F)F. The van der Waals surface area contributed by atoms with Gasteiger partial charge in [-0.25, -0.2) is 0 Å². The van der Waals surface area contributed by atoms with Crippen LogP contribution in [0.1, 0.15) is 37.8 Å². The standard InChI is InChI=1S/C14H20F3N/c1-4-10-18-13(5-2,14(15,16)17)12-8-6-11(3)7-9-12/h6-9,18H,4-5,10H2,1-3H3. The quantitative estimate of drug-likeness (QED) is 0.837. The first kappa shape index (κ1) is 15.0. The van der Waals surface area contributed by atoms with Crippen molar-refractivity contribution in [1.29, 1.82) is 0 Å². The van der Waals surface area contributed by atoms with Crippen molar-refractivity contribution in [1.82, 2.24) is 5.32 Å². The number of alkyl halides is 3. The fraction of sp³-hybridized carbons (Fsp3) is 0.571. The Morgan fingerprint density at radius 3 is 2.00 bits per heavy atom. The van der Waals surface area contributed by atoms with Crippen LogP contribution in [0.2, 0.25) is 0 Å². The largest absolute Gasteiger partial charge is 0.410 e. The molecule has 4 heteroatoms. The van der Waals surface area contributed by atoms with E-state index in [1.807, 2.05) is 13.8 Å². The average Bonchev–Trinajstić information content (AvgIpc) is 2.31. The van der Waals surface area contributed by atoms with Crippen molar-refractivity contribution in [2.75, 3.05) is 6.54 Å². The van der Waals surface area contributed by atoms with E-state index >= 15 is 0 Å². The van der Waals surface area contributed by atoms with Gasteiger partial charge in [-0.15, -0.1) is 0 Å². The normalized spacial score (nSPS) is 15.4. The molecule has 1 unspecified atom stereocenters. The van der Waals surface area contributed by atoms with Crippen LogP contribution in [0.25, 0.3) is 0 Å². The van der Waals surface area contributed by atoms with E-state index in [1.165, 1.54) is 0 Å². The van der Waals surface area contributed by atoms with Crippen LogP contribution in [0.3, 0.4) is 0 Å². The fourth-order valence-electron chi connectivity index (χ4n) is 2.07. The van der Waals surface area contributed by atoms with Crippen LogP contribution < -0.4 is 5.32 Å². The zero-order valence-electron chi connectivity index (χ0n) is 11.1. The van der Waals surface area contributed by atoms with Gasteiger partial charge in [0, 0.05) is 0 Å². The van der Waals surface area contributed by atoms with Crippen molar-refractivity contribution in [3.05, 3.63) is 35.4 Å². The number of rotatable bonds is 5. The summed E-state index contributed by atoms with van der Waals surface area (Å²) >= 11 is 0. The van der Waals surface area contributed by atoms with Gasteiger partial charge in [-0.3, -0.25) is 5.32 Å². The second-order valence-electron chi connectivity index (χ2n) is 4.55. The molecule has 0 spiro atoms. The number of benzene rings is 1. The molecule has 0 aliphatic carbocycles. The molecule has 1 rings (SSSR count). The summed E-state index contributed by atoms with van der Waals surface area (Å²) in [4.78, 5) is 0. The Kier molecular flexibility index (Phi) is 4.79. The van der Waals surface area contributed by atoms with Crippen LogP contribution in [0.4, 0.5) is 13.2 Å². The van der Waals surface area contributed by atoms with Crippen LogP contribution in [-0.4, -0.2) is 12.7 Å². The number of hydrogen-bond acceptors (Lipinski definition) is 1. The Morgan fingerprint density at radius 1 is 1.06 bits per heavy atom. The lowest BCUT2D eigenvalue weighted by molar-refractivity contribution is -0.202. The summed E-state index contributed by atoms with van der Waals surface area (Å²) in [5, 5.41) is 2.68. The molecule has 1 N–H and O–H groups in total. The van der Waals surface area contributed by atoms with Gasteiger partial charge in [0.2, 0.25) is 0 Å². The van der Waals surface area contributed by atoms with Gasteiger partial charge < -0.3 is 0 Å². The van der Waals surface area contributed by atoms with Gasteiger partial charge in [0.1, 0.15) is 5.54 Å². The third kappa shape index (κ3) is 2.86. The highest BCUT2D eigenvalue weighted by molar-refractivity contribution is 5.29. The van der Waals surface area contributed by atoms with E-state index in [9.17, 15) is 13.2 Å². The highest BCUT2D eigenvalue weighted by Crippen LogP contribution is 2.41. The first-order valence-corrected chi connectivity index (χ1v) is 6.26. The molecular weight excluding hydrogens is 239 g/mol. The van der Waals surface area contributed by atoms with Crippen molar-refractivity contribution in [3.8, 4) is 0 Å². The predicted octanol–water partition coefficient (Wildman–Crippen LogP) is 4.16. The predicted molar refractivity (Wildman–Crippen MR) is 67.5 cm³/mol. The molecule has 0 amide bonds. The highest BCUT2D eigenvalue weighted by atomic mass is 19.4. The third-order valence-corrected chi connectivity index (χ3v) is 3.24. The van der Waals surface area contributed by atoms with Gasteiger partial charge in [-0.05, 0) is 31.9 Å². The smallest absolute Gasteiger partial charge is 0.300 e. The van der Waals surface area contributed by atoms with Gasteiger partial charge in [-0.2, -0.15) is 13.2 Å². The molecule has 0 aromatic heterocycles. The monoisotopic (exact) mass is 259 g/mol. The van der Waals surface area contributed by atoms with Crippen LogP contribution in [0.15, 0.2) is 24.3 Å². The topological polar surface area (TPSA) is 12.0 Å². The first-order chi connectivity index (χ1) is 8.37. The molecule has 1 nitrogen and oxygen atoms in total. The van der Waals surface area contributed by atoms with Crippen molar-refractivity contribution in [2.45, 2.75) is 45.3 Å². The van der Waals surface area contributed by atoms with Gasteiger partial charge in [0.05, 0.1) is 0 Å². The highest BCUT2D eigenvalue weighted by Gasteiger charge is 2.54. The molecule has 0 heterocycles. The van der Waals surface area contributed by atoms with Crippen molar-refractivity contribution in [3.63, 3.8) is 0 Å². The number of nitrogens with one attached hydrogen (secondary N) is 1. The second-order valence-corrected chi connectivity index (χ2v) is 4.55. The Bertz CT molecular complexity index is 370. The van der Waals surface area contributed by atoms with Crippen LogP contribution >= 0.6 is 0 Å². The molecule has 1 aromatic rings. The van der Waals surface area contributed by atoms with Crippen LogP contribution in [0, 0.1) is 6.92 Å².